The van der Waals surface area contributed by atoms with E-state index >= 15 is 0 Å². The normalized spacial score (nSPS) is 12.4. The van der Waals surface area contributed by atoms with Crippen molar-refractivity contribution in [1.29, 1.82) is 0 Å². The van der Waals surface area contributed by atoms with Crippen LogP contribution in [0, 0.1) is 0 Å². The highest BCUT2D eigenvalue weighted by molar-refractivity contribution is 5.34. The third kappa shape index (κ3) is 3.49. The predicted octanol–water partition coefficient (Wildman–Crippen LogP) is 1.82. The summed E-state index contributed by atoms with van der Waals surface area (Å²) in [6.45, 7) is 4.00. The lowest BCUT2D eigenvalue weighted by atomic mass is 10.0. The molecule has 0 radical (unpaired) electrons. The number of hydrogen-bond donors (Lipinski definition) is 2. The number of aromatic nitrogens is 2. The van der Waals surface area contributed by atoms with Crippen LogP contribution in [0.2, 0.25) is 0 Å². The Morgan fingerprint density at radius 2 is 1.79 bits per heavy atom. The molecule has 2 rings (SSSR count). The van der Waals surface area contributed by atoms with Crippen molar-refractivity contribution in [1.82, 2.24) is 15.6 Å². The molecule has 1 atom stereocenters. The van der Waals surface area contributed by atoms with Gasteiger partial charge in [0.15, 0.2) is 0 Å². The minimum absolute atomic E-state index is 0.108. The summed E-state index contributed by atoms with van der Waals surface area (Å²) in [5, 5.41) is 7.63. The van der Waals surface area contributed by atoms with E-state index in [1.54, 1.807) is 12.4 Å². The van der Waals surface area contributed by atoms with E-state index in [1.807, 2.05) is 44.2 Å². The van der Waals surface area contributed by atoms with Crippen molar-refractivity contribution in [3.63, 3.8) is 0 Å². The van der Waals surface area contributed by atoms with Crippen LogP contribution in [0.3, 0.4) is 0 Å². The molecule has 0 aliphatic heterocycles. The Kier molecular flexibility index (Phi) is 4.43. The van der Waals surface area contributed by atoms with Gasteiger partial charge in [-0.1, -0.05) is 12.1 Å². The zero-order valence-electron chi connectivity index (χ0n) is 11.1. The van der Waals surface area contributed by atoms with Crippen LogP contribution in [-0.4, -0.2) is 16.3 Å². The Morgan fingerprint density at radius 3 is 2.32 bits per heavy atom. The van der Waals surface area contributed by atoms with Crippen LogP contribution in [0.1, 0.15) is 31.0 Å². The lowest BCUT2D eigenvalue weighted by Crippen LogP contribution is -2.28. The summed E-state index contributed by atoms with van der Waals surface area (Å²) in [5.41, 5.74) is 4.80. The van der Waals surface area contributed by atoms with Gasteiger partial charge in [0, 0.05) is 6.20 Å². The lowest BCUT2D eigenvalue weighted by Gasteiger charge is -2.17. The summed E-state index contributed by atoms with van der Waals surface area (Å²) >= 11 is 0. The SMILES string of the molecule is CC(C)Oc1ccc(C(NN)c2ccnnc2)cc1. The number of rotatable bonds is 5. The second kappa shape index (κ2) is 6.26. The fraction of sp³-hybridized carbons (Fsp3) is 0.286. The zero-order chi connectivity index (χ0) is 13.7. The maximum Gasteiger partial charge on any atom is 0.119 e. The van der Waals surface area contributed by atoms with Crippen LogP contribution in [-0.2, 0) is 0 Å². The molecule has 0 spiro atoms. The topological polar surface area (TPSA) is 73.1 Å². The monoisotopic (exact) mass is 258 g/mol. The average Bonchev–Trinajstić information content (AvgIpc) is 2.42. The largest absolute Gasteiger partial charge is 0.491 e. The number of hydrazine groups is 1. The molecule has 1 unspecified atom stereocenters. The van der Waals surface area contributed by atoms with E-state index in [4.69, 9.17) is 10.6 Å². The molecule has 0 saturated carbocycles. The van der Waals surface area contributed by atoms with E-state index in [1.165, 1.54) is 0 Å². The molecule has 0 saturated heterocycles. The second-order valence-electron chi connectivity index (χ2n) is 4.51. The van der Waals surface area contributed by atoms with Gasteiger partial charge >= 0.3 is 0 Å². The summed E-state index contributed by atoms with van der Waals surface area (Å²) < 4.78 is 5.61. The number of nitrogens with zero attached hydrogens (tertiary/aromatic N) is 2. The highest BCUT2D eigenvalue weighted by Gasteiger charge is 2.12. The highest BCUT2D eigenvalue weighted by Crippen LogP contribution is 2.23. The van der Waals surface area contributed by atoms with Gasteiger partial charge in [0.25, 0.3) is 0 Å². The quantitative estimate of drug-likeness (QED) is 0.632. The summed E-state index contributed by atoms with van der Waals surface area (Å²) in [7, 11) is 0. The predicted molar refractivity (Wildman–Crippen MR) is 73.4 cm³/mol. The van der Waals surface area contributed by atoms with E-state index in [0.29, 0.717) is 0 Å². The fourth-order valence-corrected chi connectivity index (χ4v) is 1.87. The van der Waals surface area contributed by atoms with Crippen molar-refractivity contribution in [3.05, 3.63) is 53.9 Å². The van der Waals surface area contributed by atoms with E-state index in [-0.39, 0.29) is 12.1 Å². The van der Waals surface area contributed by atoms with Gasteiger partial charge in [0.2, 0.25) is 0 Å². The van der Waals surface area contributed by atoms with Crippen molar-refractivity contribution >= 4 is 0 Å². The van der Waals surface area contributed by atoms with Gasteiger partial charge in [0.1, 0.15) is 5.75 Å². The number of benzene rings is 1. The number of hydrogen-bond acceptors (Lipinski definition) is 5. The summed E-state index contributed by atoms with van der Waals surface area (Å²) in [6.07, 6.45) is 3.51. The number of nitrogens with two attached hydrogens (primary N) is 1. The Labute approximate surface area is 112 Å². The molecule has 100 valence electrons. The first-order chi connectivity index (χ1) is 9.20. The van der Waals surface area contributed by atoms with Crippen LogP contribution < -0.4 is 16.0 Å². The Balaban J connectivity index is 2.20. The van der Waals surface area contributed by atoms with Crippen LogP contribution in [0.15, 0.2) is 42.7 Å². The van der Waals surface area contributed by atoms with Crippen molar-refractivity contribution in [3.8, 4) is 5.75 Å². The smallest absolute Gasteiger partial charge is 0.119 e. The third-order valence-electron chi connectivity index (χ3n) is 2.69. The lowest BCUT2D eigenvalue weighted by molar-refractivity contribution is 0.242. The highest BCUT2D eigenvalue weighted by atomic mass is 16.5. The van der Waals surface area contributed by atoms with Crippen LogP contribution in [0.4, 0.5) is 0 Å². The molecule has 0 fully saturated rings. The standard InChI is InChI=1S/C14H18N4O/c1-10(2)19-13-5-3-11(4-6-13)14(18-15)12-7-8-16-17-9-12/h3-10,14,18H,15H2,1-2H3. The van der Waals surface area contributed by atoms with Gasteiger partial charge < -0.3 is 4.74 Å². The van der Waals surface area contributed by atoms with Gasteiger partial charge in [-0.2, -0.15) is 10.2 Å². The van der Waals surface area contributed by atoms with Gasteiger partial charge in [-0.05, 0) is 43.2 Å². The molecule has 1 aromatic carbocycles. The fourth-order valence-electron chi connectivity index (χ4n) is 1.87. The molecule has 19 heavy (non-hydrogen) atoms. The van der Waals surface area contributed by atoms with Gasteiger partial charge in [0.05, 0.1) is 18.3 Å². The first kappa shape index (κ1) is 13.5. The number of ether oxygens (including phenoxy) is 1. The molecule has 0 bridgehead atoms. The summed E-state index contributed by atoms with van der Waals surface area (Å²) in [6, 6.07) is 9.63. The van der Waals surface area contributed by atoms with Crippen molar-refractivity contribution in [2.24, 2.45) is 5.84 Å². The summed E-state index contributed by atoms with van der Waals surface area (Å²) in [5.74, 6) is 6.48. The average molecular weight is 258 g/mol. The van der Waals surface area contributed by atoms with Crippen molar-refractivity contribution in [2.75, 3.05) is 0 Å². The Bertz CT molecular complexity index is 499. The molecule has 2 aromatic rings. The van der Waals surface area contributed by atoms with Crippen molar-refractivity contribution in [2.45, 2.75) is 26.0 Å². The third-order valence-corrected chi connectivity index (χ3v) is 2.69. The molecule has 5 nitrogen and oxygen atoms in total. The zero-order valence-corrected chi connectivity index (χ0v) is 11.1. The Morgan fingerprint density at radius 1 is 1.05 bits per heavy atom. The molecular weight excluding hydrogens is 240 g/mol. The molecule has 1 heterocycles. The maximum atomic E-state index is 5.63. The van der Waals surface area contributed by atoms with Crippen molar-refractivity contribution < 1.29 is 4.74 Å². The maximum absolute atomic E-state index is 5.63. The second-order valence-corrected chi connectivity index (χ2v) is 4.51. The minimum Gasteiger partial charge on any atom is -0.491 e. The van der Waals surface area contributed by atoms with E-state index in [0.717, 1.165) is 16.9 Å². The van der Waals surface area contributed by atoms with E-state index in [9.17, 15) is 0 Å². The minimum atomic E-state index is -0.108. The molecule has 5 heteroatoms. The van der Waals surface area contributed by atoms with Crippen LogP contribution in [0.5, 0.6) is 5.75 Å². The molecular formula is C14H18N4O. The van der Waals surface area contributed by atoms with Gasteiger partial charge in [-0.3, -0.25) is 5.84 Å². The van der Waals surface area contributed by atoms with Crippen LogP contribution in [0.25, 0.3) is 0 Å². The molecule has 1 aromatic heterocycles. The molecule has 0 amide bonds. The number of nitrogens with one attached hydrogen (secondary N) is 1. The van der Waals surface area contributed by atoms with E-state index in [2.05, 4.69) is 15.6 Å². The Hall–Kier alpha value is -1.98. The van der Waals surface area contributed by atoms with Crippen LogP contribution >= 0.6 is 0 Å². The first-order valence-electron chi connectivity index (χ1n) is 6.20. The molecule has 3 N–H and O–H groups in total. The van der Waals surface area contributed by atoms with Gasteiger partial charge in [-0.15, -0.1) is 0 Å². The summed E-state index contributed by atoms with van der Waals surface area (Å²) in [4.78, 5) is 0. The van der Waals surface area contributed by atoms with E-state index < -0.39 is 0 Å². The molecule has 0 aliphatic carbocycles. The van der Waals surface area contributed by atoms with Gasteiger partial charge in [-0.25, -0.2) is 5.43 Å². The first-order valence-corrected chi connectivity index (χ1v) is 6.20. The molecule has 0 aliphatic rings.